The summed E-state index contributed by atoms with van der Waals surface area (Å²) in [6, 6.07) is 14.5. The van der Waals surface area contributed by atoms with E-state index in [9.17, 15) is 0 Å². The highest BCUT2D eigenvalue weighted by Gasteiger charge is 2.12. The summed E-state index contributed by atoms with van der Waals surface area (Å²) in [6.45, 7) is 3.34. The second-order valence-electron chi connectivity index (χ2n) is 6.56. The van der Waals surface area contributed by atoms with E-state index >= 15 is 0 Å². The highest BCUT2D eigenvalue weighted by molar-refractivity contribution is 7.22. The van der Waals surface area contributed by atoms with Gasteiger partial charge in [-0.15, -0.1) is 0 Å². The maximum absolute atomic E-state index is 5.44. The highest BCUT2D eigenvalue weighted by atomic mass is 32.1. The molecule has 1 fully saturated rings. The van der Waals surface area contributed by atoms with E-state index in [2.05, 4.69) is 44.5 Å². The number of thiazole rings is 1. The van der Waals surface area contributed by atoms with Gasteiger partial charge in [0.2, 0.25) is 0 Å². The van der Waals surface area contributed by atoms with Crippen LogP contribution in [0.3, 0.4) is 0 Å². The predicted molar refractivity (Wildman–Crippen MR) is 113 cm³/mol. The van der Waals surface area contributed by atoms with Crippen LogP contribution in [0.25, 0.3) is 21.3 Å². The molecule has 0 saturated carbocycles. The minimum absolute atomic E-state index is 0.767. The van der Waals surface area contributed by atoms with Crippen molar-refractivity contribution in [3.05, 3.63) is 61.1 Å². The molecule has 1 saturated heterocycles. The number of nitrogens with zero attached hydrogens (tertiary/aromatic N) is 4. The molecule has 140 valence electrons. The summed E-state index contributed by atoms with van der Waals surface area (Å²) >= 11 is 1.63. The lowest BCUT2D eigenvalue weighted by Crippen LogP contribution is -2.36. The Morgan fingerprint density at radius 3 is 2.64 bits per heavy atom. The number of nitrogens with one attached hydrogen (secondary N) is 1. The number of pyridine rings is 2. The first-order chi connectivity index (χ1) is 13.8. The van der Waals surface area contributed by atoms with Crippen LogP contribution >= 0.6 is 11.3 Å². The molecule has 0 unspecified atom stereocenters. The van der Waals surface area contributed by atoms with Gasteiger partial charge in [-0.25, -0.2) is 9.97 Å². The lowest BCUT2D eigenvalue weighted by Gasteiger charge is -2.28. The van der Waals surface area contributed by atoms with Crippen molar-refractivity contribution in [2.75, 3.05) is 36.5 Å². The summed E-state index contributed by atoms with van der Waals surface area (Å²) in [5.74, 6) is 0.803. The second-order valence-corrected chi connectivity index (χ2v) is 7.59. The predicted octanol–water partition coefficient (Wildman–Crippen LogP) is 4.33. The fourth-order valence-electron chi connectivity index (χ4n) is 3.32. The van der Waals surface area contributed by atoms with E-state index in [1.807, 2.05) is 36.8 Å². The summed E-state index contributed by atoms with van der Waals surface area (Å²) in [5.41, 5.74) is 4.45. The largest absolute Gasteiger partial charge is 0.378 e. The van der Waals surface area contributed by atoms with Crippen LogP contribution < -0.4 is 10.2 Å². The zero-order chi connectivity index (χ0) is 18.8. The summed E-state index contributed by atoms with van der Waals surface area (Å²) in [7, 11) is 0. The monoisotopic (exact) mass is 389 g/mol. The van der Waals surface area contributed by atoms with Gasteiger partial charge in [-0.3, -0.25) is 4.98 Å². The molecule has 6 nitrogen and oxygen atoms in total. The molecule has 1 aliphatic heterocycles. The van der Waals surface area contributed by atoms with E-state index < -0.39 is 0 Å². The van der Waals surface area contributed by atoms with Gasteiger partial charge < -0.3 is 15.0 Å². The zero-order valence-electron chi connectivity index (χ0n) is 15.2. The van der Waals surface area contributed by atoms with E-state index in [-0.39, 0.29) is 0 Å². The number of anilines is 3. The van der Waals surface area contributed by atoms with Gasteiger partial charge >= 0.3 is 0 Å². The Morgan fingerprint density at radius 2 is 1.79 bits per heavy atom. The lowest BCUT2D eigenvalue weighted by molar-refractivity contribution is 0.122. The van der Waals surface area contributed by atoms with Crippen molar-refractivity contribution in [1.29, 1.82) is 0 Å². The number of aromatic nitrogens is 3. The number of morpholine rings is 1. The molecular formula is C21H19N5OS. The van der Waals surface area contributed by atoms with Gasteiger partial charge in [-0.05, 0) is 41.5 Å². The Morgan fingerprint density at radius 1 is 0.929 bits per heavy atom. The standard InChI is InChI=1S/C21H19N5OS/c1-2-18-19(13-16(1)15-3-6-22-7-4-15)28-21(24-18)25-20-14-17(5-8-23-20)26-9-11-27-12-10-26/h1-8,13-14H,9-12H2,(H,23,24,25). The maximum Gasteiger partial charge on any atom is 0.189 e. The van der Waals surface area contributed by atoms with Crippen LogP contribution in [0, 0.1) is 0 Å². The van der Waals surface area contributed by atoms with E-state index in [4.69, 9.17) is 9.72 Å². The first-order valence-corrected chi connectivity index (χ1v) is 10.0. The summed E-state index contributed by atoms with van der Waals surface area (Å²) in [5, 5.41) is 4.20. The molecule has 0 amide bonds. The maximum atomic E-state index is 5.44. The quantitative estimate of drug-likeness (QED) is 0.560. The third-order valence-corrected chi connectivity index (χ3v) is 5.69. The molecule has 0 spiro atoms. The number of fused-ring (bicyclic) bond motifs is 1. The molecular weight excluding hydrogens is 370 g/mol. The Balaban J connectivity index is 1.39. The van der Waals surface area contributed by atoms with Crippen molar-refractivity contribution < 1.29 is 4.74 Å². The van der Waals surface area contributed by atoms with Gasteiger partial charge in [0.1, 0.15) is 5.82 Å². The van der Waals surface area contributed by atoms with Crippen LogP contribution in [0.5, 0.6) is 0 Å². The molecule has 1 aliphatic rings. The summed E-state index contributed by atoms with van der Waals surface area (Å²) < 4.78 is 6.58. The Labute approximate surface area is 166 Å². The molecule has 28 heavy (non-hydrogen) atoms. The number of rotatable bonds is 4. The van der Waals surface area contributed by atoms with Crippen molar-refractivity contribution in [2.45, 2.75) is 0 Å². The number of hydrogen-bond donors (Lipinski definition) is 1. The molecule has 4 aromatic rings. The molecule has 5 rings (SSSR count). The van der Waals surface area contributed by atoms with Gasteiger partial charge in [0.25, 0.3) is 0 Å². The van der Waals surface area contributed by atoms with E-state index in [0.29, 0.717) is 0 Å². The van der Waals surface area contributed by atoms with Crippen molar-refractivity contribution in [3.63, 3.8) is 0 Å². The number of ether oxygens (including phenoxy) is 1. The van der Waals surface area contributed by atoms with E-state index in [1.54, 1.807) is 11.3 Å². The molecule has 7 heteroatoms. The fraction of sp³-hybridized carbons (Fsp3) is 0.190. The molecule has 0 bridgehead atoms. The number of benzene rings is 1. The highest BCUT2D eigenvalue weighted by Crippen LogP contribution is 2.32. The van der Waals surface area contributed by atoms with Crippen molar-refractivity contribution in [3.8, 4) is 11.1 Å². The van der Waals surface area contributed by atoms with Gasteiger partial charge in [0, 0.05) is 43.4 Å². The molecule has 3 aromatic heterocycles. The lowest BCUT2D eigenvalue weighted by atomic mass is 10.1. The zero-order valence-corrected chi connectivity index (χ0v) is 16.0. The second kappa shape index (κ2) is 7.53. The van der Waals surface area contributed by atoms with Crippen molar-refractivity contribution in [1.82, 2.24) is 15.0 Å². The average molecular weight is 389 g/mol. The minimum Gasteiger partial charge on any atom is -0.378 e. The first kappa shape index (κ1) is 17.1. The van der Waals surface area contributed by atoms with Crippen LogP contribution in [0.1, 0.15) is 0 Å². The van der Waals surface area contributed by atoms with Crippen LogP contribution in [-0.4, -0.2) is 41.3 Å². The fourth-order valence-corrected chi connectivity index (χ4v) is 4.23. The van der Waals surface area contributed by atoms with Crippen molar-refractivity contribution in [2.24, 2.45) is 0 Å². The topological polar surface area (TPSA) is 63.2 Å². The Kier molecular flexibility index (Phi) is 4.60. The number of hydrogen-bond acceptors (Lipinski definition) is 7. The minimum atomic E-state index is 0.767. The molecule has 1 N–H and O–H groups in total. The van der Waals surface area contributed by atoms with Crippen LogP contribution in [0.4, 0.5) is 16.6 Å². The molecule has 1 aromatic carbocycles. The summed E-state index contributed by atoms with van der Waals surface area (Å²) in [6.07, 6.45) is 5.46. The Hall–Kier alpha value is -3.03. The molecule has 4 heterocycles. The van der Waals surface area contributed by atoms with Gasteiger partial charge in [-0.2, -0.15) is 0 Å². The smallest absolute Gasteiger partial charge is 0.189 e. The van der Waals surface area contributed by atoms with E-state index in [0.717, 1.165) is 64.3 Å². The van der Waals surface area contributed by atoms with Crippen LogP contribution in [0.15, 0.2) is 61.1 Å². The third-order valence-electron chi connectivity index (χ3n) is 4.76. The molecule has 0 atom stereocenters. The summed E-state index contributed by atoms with van der Waals surface area (Å²) in [4.78, 5) is 15.6. The SMILES string of the molecule is c1cc(-c2ccc3nc(Nc4cc(N5CCOCC5)ccn4)sc3c2)ccn1. The van der Waals surface area contributed by atoms with Crippen LogP contribution in [0.2, 0.25) is 0 Å². The van der Waals surface area contributed by atoms with Gasteiger partial charge in [-0.1, -0.05) is 17.4 Å². The first-order valence-electron chi connectivity index (χ1n) is 9.22. The van der Waals surface area contributed by atoms with E-state index in [1.165, 1.54) is 0 Å². The molecule has 0 aliphatic carbocycles. The van der Waals surface area contributed by atoms with Crippen LogP contribution in [-0.2, 0) is 4.74 Å². The van der Waals surface area contributed by atoms with Crippen molar-refractivity contribution >= 4 is 38.2 Å². The normalized spacial score (nSPS) is 14.4. The average Bonchev–Trinajstić information content (AvgIpc) is 3.16. The Bertz CT molecular complexity index is 1090. The third kappa shape index (κ3) is 3.54. The molecule has 0 radical (unpaired) electrons. The van der Waals surface area contributed by atoms with Gasteiger partial charge in [0.15, 0.2) is 5.13 Å². The van der Waals surface area contributed by atoms with Gasteiger partial charge in [0.05, 0.1) is 23.4 Å².